The van der Waals surface area contributed by atoms with E-state index in [-0.39, 0.29) is 6.42 Å². The van der Waals surface area contributed by atoms with Gasteiger partial charge in [0.15, 0.2) is 23.7 Å². The van der Waals surface area contributed by atoms with Crippen LogP contribution in [-0.2, 0) is 47.1 Å². The second kappa shape index (κ2) is 19.6. The van der Waals surface area contributed by atoms with Gasteiger partial charge in [-0.3, -0.25) is 0 Å². The van der Waals surface area contributed by atoms with Crippen LogP contribution in [0, 0.1) is 0 Å². The zero-order valence-corrected chi connectivity index (χ0v) is 33.4. The lowest BCUT2D eigenvalue weighted by Crippen LogP contribution is -2.36. The molecule has 0 N–H and O–H groups in total. The second-order valence-electron chi connectivity index (χ2n) is 14.4. The molecule has 7 aromatic rings. The van der Waals surface area contributed by atoms with Crippen LogP contribution in [0.25, 0.3) is 0 Å². The third kappa shape index (κ3) is 10.2. The summed E-state index contributed by atoms with van der Waals surface area (Å²) in [7, 11) is 1.50. The van der Waals surface area contributed by atoms with Gasteiger partial charge < -0.3 is 33.2 Å². The molecule has 0 saturated carbocycles. The third-order valence-corrected chi connectivity index (χ3v) is 10.2. The van der Waals surface area contributed by atoms with E-state index in [4.69, 9.17) is 33.2 Å². The van der Waals surface area contributed by atoms with Crippen molar-refractivity contribution in [3.8, 4) is 28.7 Å². The molecular formula is C52H46O8. The van der Waals surface area contributed by atoms with Gasteiger partial charge in [0, 0.05) is 36.8 Å². The number of benzene rings is 7. The number of carbonyl (C=O) groups is 1. The Kier molecular flexibility index (Phi) is 13.0. The summed E-state index contributed by atoms with van der Waals surface area (Å²) >= 11 is 0. The second-order valence-corrected chi connectivity index (χ2v) is 14.4. The van der Waals surface area contributed by atoms with E-state index in [9.17, 15) is 4.79 Å². The lowest BCUT2D eigenvalue weighted by molar-refractivity contribution is -0.167. The first kappa shape index (κ1) is 39.8. The highest BCUT2D eigenvalue weighted by Gasteiger charge is 2.39. The average molecular weight is 799 g/mol. The van der Waals surface area contributed by atoms with E-state index in [2.05, 4.69) is 0 Å². The third-order valence-electron chi connectivity index (χ3n) is 10.2. The number of esters is 1. The zero-order chi connectivity index (χ0) is 40.9. The summed E-state index contributed by atoms with van der Waals surface area (Å²) in [6.45, 7) is 1.34. The first-order valence-corrected chi connectivity index (χ1v) is 20.0. The number of ether oxygens (including phenoxy) is 7. The summed E-state index contributed by atoms with van der Waals surface area (Å²) in [6.07, 6.45) is -2.22. The maximum absolute atomic E-state index is 14.1. The van der Waals surface area contributed by atoms with Gasteiger partial charge in [-0.25, -0.2) is 4.79 Å². The number of fused-ring (bicyclic) bond motifs is 1. The van der Waals surface area contributed by atoms with E-state index < -0.39 is 24.3 Å². The van der Waals surface area contributed by atoms with Crippen molar-refractivity contribution >= 4 is 5.97 Å². The highest BCUT2D eigenvalue weighted by Crippen LogP contribution is 2.45. The van der Waals surface area contributed by atoms with Crippen molar-refractivity contribution in [1.29, 1.82) is 0 Å². The Bertz CT molecular complexity index is 2430. The largest absolute Gasteiger partial charge is 0.489 e. The van der Waals surface area contributed by atoms with Crippen molar-refractivity contribution in [1.82, 2.24) is 0 Å². The fraction of sp³-hybridized carbons (Fsp3) is 0.173. The highest BCUT2D eigenvalue weighted by atomic mass is 16.6. The van der Waals surface area contributed by atoms with Gasteiger partial charge in [0.1, 0.15) is 49.8 Å². The van der Waals surface area contributed by atoms with Crippen LogP contribution in [0.3, 0.4) is 0 Å². The molecule has 1 aliphatic rings. The van der Waals surface area contributed by atoms with Crippen LogP contribution in [0.15, 0.2) is 182 Å². The minimum Gasteiger partial charge on any atom is -0.489 e. The number of hydrogen-bond acceptors (Lipinski definition) is 8. The molecule has 0 spiro atoms. The maximum Gasteiger partial charge on any atom is 0.340 e. The van der Waals surface area contributed by atoms with Crippen molar-refractivity contribution in [3.63, 3.8) is 0 Å². The highest BCUT2D eigenvalue weighted by molar-refractivity contribution is 5.77. The molecule has 0 saturated heterocycles. The van der Waals surface area contributed by atoms with E-state index in [1.165, 1.54) is 7.11 Å². The fourth-order valence-corrected chi connectivity index (χ4v) is 7.11. The standard InChI is InChI=1S/C52H46O8/c1-54-51(41-25-15-6-16-26-41)52(53)60-49-32-44-46(57-35-39-21-11-4-12-22-39)30-43(55-33-37-17-7-2-8-18-37)31-47(44)59-50(49)42-27-28-45(56-34-38-19-9-3-10-20-38)48(29-42)58-36-40-23-13-5-14-24-40/h2-31,49-51H,32-36H2,1H3/t49-,50-,51+/m1/s1. The molecule has 0 amide bonds. The molecule has 8 nitrogen and oxygen atoms in total. The van der Waals surface area contributed by atoms with Crippen LogP contribution in [0.2, 0.25) is 0 Å². The molecule has 1 aliphatic heterocycles. The predicted octanol–water partition coefficient (Wildman–Crippen LogP) is 11.0. The van der Waals surface area contributed by atoms with E-state index in [1.807, 2.05) is 182 Å². The summed E-state index contributed by atoms with van der Waals surface area (Å²) in [4.78, 5) is 14.1. The molecule has 8 rings (SSSR count). The Hall–Kier alpha value is -7.03. The number of rotatable bonds is 17. The summed E-state index contributed by atoms with van der Waals surface area (Å²) in [5.41, 5.74) is 6.22. The van der Waals surface area contributed by atoms with Gasteiger partial charge in [-0.15, -0.1) is 0 Å². The van der Waals surface area contributed by atoms with Gasteiger partial charge in [-0.2, -0.15) is 0 Å². The average Bonchev–Trinajstić information content (AvgIpc) is 3.30. The van der Waals surface area contributed by atoms with Gasteiger partial charge in [-0.1, -0.05) is 158 Å². The molecular weight excluding hydrogens is 753 g/mol. The molecule has 3 atom stereocenters. The van der Waals surface area contributed by atoms with Gasteiger partial charge >= 0.3 is 5.97 Å². The maximum atomic E-state index is 14.1. The summed E-state index contributed by atoms with van der Waals surface area (Å²) < 4.78 is 44.8. The van der Waals surface area contributed by atoms with Crippen LogP contribution in [0.5, 0.6) is 28.7 Å². The minimum atomic E-state index is -0.950. The van der Waals surface area contributed by atoms with Crippen LogP contribution in [0.1, 0.15) is 51.2 Å². The first-order chi connectivity index (χ1) is 29.6. The quantitative estimate of drug-likeness (QED) is 0.0843. The Morgan fingerprint density at radius 1 is 0.550 bits per heavy atom. The lowest BCUT2D eigenvalue weighted by Gasteiger charge is -2.35. The van der Waals surface area contributed by atoms with Crippen molar-refractivity contribution in [2.45, 2.75) is 51.2 Å². The summed E-state index contributed by atoms with van der Waals surface area (Å²) in [5.74, 6) is 2.27. The minimum absolute atomic E-state index is 0.284. The van der Waals surface area contributed by atoms with E-state index in [1.54, 1.807) is 0 Å². The molecule has 0 fully saturated rings. The molecule has 8 heteroatoms. The zero-order valence-electron chi connectivity index (χ0n) is 33.4. The molecule has 7 aromatic carbocycles. The van der Waals surface area contributed by atoms with Crippen LogP contribution >= 0.6 is 0 Å². The molecule has 0 unspecified atom stereocenters. The van der Waals surface area contributed by atoms with Gasteiger partial charge in [-0.05, 0) is 39.9 Å². The van der Waals surface area contributed by atoms with Gasteiger partial charge in [0.25, 0.3) is 0 Å². The Balaban J connectivity index is 1.16. The monoisotopic (exact) mass is 798 g/mol. The summed E-state index contributed by atoms with van der Waals surface area (Å²) in [5, 5.41) is 0. The van der Waals surface area contributed by atoms with Crippen molar-refractivity contribution in [3.05, 3.63) is 221 Å². The molecule has 302 valence electrons. The Morgan fingerprint density at radius 2 is 1.03 bits per heavy atom. The topological polar surface area (TPSA) is 81.7 Å². The van der Waals surface area contributed by atoms with Crippen LogP contribution in [-0.4, -0.2) is 19.2 Å². The Labute approximate surface area is 350 Å². The van der Waals surface area contributed by atoms with Gasteiger partial charge in [0.05, 0.1) is 0 Å². The molecule has 60 heavy (non-hydrogen) atoms. The van der Waals surface area contributed by atoms with E-state index >= 15 is 0 Å². The fourth-order valence-electron chi connectivity index (χ4n) is 7.11. The van der Waals surface area contributed by atoms with Crippen LogP contribution < -0.4 is 23.7 Å². The summed E-state index contributed by atoms with van der Waals surface area (Å²) in [6, 6.07) is 58.6. The number of hydrogen-bond donors (Lipinski definition) is 0. The van der Waals surface area contributed by atoms with E-state index in [0.717, 1.165) is 33.4 Å². The van der Waals surface area contributed by atoms with Crippen molar-refractivity contribution < 1.29 is 38.0 Å². The first-order valence-electron chi connectivity index (χ1n) is 20.0. The predicted molar refractivity (Wildman–Crippen MR) is 229 cm³/mol. The number of carbonyl (C=O) groups excluding carboxylic acids is 1. The lowest BCUT2D eigenvalue weighted by atomic mass is 9.93. The molecule has 0 radical (unpaired) electrons. The molecule has 0 bridgehead atoms. The smallest absolute Gasteiger partial charge is 0.340 e. The molecule has 0 aliphatic carbocycles. The van der Waals surface area contributed by atoms with Gasteiger partial charge in [0.2, 0.25) is 0 Å². The Morgan fingerprint density at radius 3 is 1.57 bits per heavy atom. The van der Waals surface area contributed by atoms with Crippen molar-refractivity contribution in [2.24, 2.45) is 0 Å². The van der Waals surface area contributed by atoms with Crippen molar-refractivity contribution in [2.75, 3.05) is 7.11 Å². The number of methoxy groups -OCH3 is 1. The molecule has 1 heterocycles. The normalized spacial score (nSPS) is 14.8. The van der Waals surface area contributed by atoms with E-state index in [0.29, 0.717) is 60.7 Å². The van der Waals surface area contributed by atoms with Crippen LogP contribution in [0.4, 0.5) is 0 Å². The molecule has 0 aromatic heterocycles. The SMILES string of the molecule is CO[C@H](C(=O)O[C@@H]1Cc2c(OCc3ccccc3)cc(OCc3ccccc3)cc2O[C@@H]1c1ccc(OCc2ccccc2)c(OCc2ccccc2)c1)c1ccccc1.